The summed E-state index contributed by atoms with van der Waals surface area (Å²) in [4.78, 5) is 0. The van der Waals surface area contributed by atoms with E-state index in [9.17, 15) is 0 Å². The van der Waals surface area contributed by atoms with Gasteiger partial charge in [-0.1, -0.05) is 6.08 Å². The van der Waals surface area contributed by atoms with Gasteiger partial charge in [0.1, 0.15) is 5.54 Å². The fourth-order valence-corrected chi connectivity index (χ4v) is 1.66. The number of nitrogens with zero attached hydrogens (tertiary/aromatic N) is 1. The van der Waals surface area contributed by atoms with E-state index < -0.39 is 5.54 Å². The third kappa shape index (κ3) is 2.55. The van der Waals surface area contributed by atoms with Crippen molar-refractivity contribution in [3.05, 3.63) is 12.7 Å². The van der Waals surface area contributed by atoms with Crippen molar-refractivity contribution < 1.29 is 4.74 Å². The van der Waals surface area contributed by atoms with Gasteiger partial charge in [-0.25, -0.2) is 0 Å². The van der Waals surface area contributed by atoms with E-state index in [2.05, 4.69) is 18.0 Å². The molecule has 0 aromatic carbocycles. The molecule has 0 saturated carbocycles. The maximum absolute atomic E-state index is 9.08. The average Bonchev–Trinajstić information content (AvgIpc) is 2.15. The van der Waals surface area contributed by atoms with Gasteiger partial charge >= 0.3 is 0 Å². The van der Waals surface area contributed by atoms with E-state index in [1.807, 2.05) is 6.92 Å². The van der Waals surface area contributed by atoms with Crippen molar-refractivity contribution in [1.29, 1.82) is 5.26 Å². The van der Waals surface area contributed by atoms with E-state index in [0.717, 1.165) is 12.8 Å². The van der Waals surface area contributed by atoms with Crippen molar-refractivity contribution in [1.82, 2.24) is 5.32 Å². The molecule has 1 N–H and O–H groups in total. The summed E-state index contributed by atoms with van der Waals surface area (Å²) in [6.45, 7) is 6.97. The molecule has 0 radical (unpaired) electrons. The van der Waals surface area contributed by atoms with Gasteiger partial charge in [-0.3, -0.25) is 5.32 Å². The van der Waals surface area contributed by atoms with Crippen LogP contribution in [0, 0.1) is 11.3 Å². The van der Waals surface area contributed by atoms with Crippen LogP contribution in [-0.4, -0.2) is 24.8 Å². The van der Waals surface area contributed by atoms with Crippen LogP contribution in [0.4, 0.5) is 0 Å². The van der Waals surface area contributed by atoms with Crippen molar-refractivity contribution in [3.8, 4) is 6.07 Å². The SMILES string of the molecule is C=CCNC1(C#N)CCOC(C)C1. The highest BCUT2D eigenvalue weighted by atomic mass is 16.5. The van der Waals surface area contributed by atoms with E-state index in [-0.39, 0.29) is 6.10 Å². The first-order chi connectivity index (χ1) is 6.22. The van der Waals surface area contributed by atoms with Crippen molar-refractivity contribution >= 4 is 0 Å². The van der Waals surface area contributed by atoms with Crippen LogP contribution in [0.2, 0.25) is 0 Å². The van der Waals surface area contributed by atoms with Gasteiger partial charge in [-0.15, -0.1) is 6.58 Å². The molecule has 0 aliphatic carbocycles. The standard InChI is InChI=1S/C10H16N2O/c1-3-5-12-10(8-11)4-6-13-9(2)7-10/h3,9,12H,1,4-7H2,2H3. The van der Waals surface area contributed by atoms with Gasteiger partial charge in [0.25, 0.3) is 0 Å². The average molecular weight is 180 g/mol. The van der Waals surface area contributed by atoms with E-state index in [1.54, 1.807) is 6.08 Å². The first kappa shape index (κ1) is 10.2. The number of nitrogens with one attached hydrogen (secondary N) is 1. The molecular formula is C10H16N2O. The molecule has 13 heavy (non-hydrogen) atoms. The zero-order chi connectivity index (χ0) is 9.73. The van der Waals surface area contributed by atoms with Crippen LogP contribution in [0.15, 0.2) is 12.7 Å². The number of rotatable bonds is 3. The highest BCUT2D eigenvalue weighted by Crippen LogP contribution is 2.23. The van der Waals surface area contributed by atoms with Crippen molar-refractivity contribution in [2.45, 2.75) is 31.4 Å². The van der Waals surface area contributed by atoms with Gasteiger partial charge < -0.3 is 4.74 Å². The van der Waals surface area contributed by atoms with Crippen LogP contribution in [-0.2, 0) is 4.74 Å². The van der Waals surface area contributed by atoms with Gasteiger partial charge in [0, 0.05) is 26.0 Å². The summed E-state index contributed by atoms with van der Waals surface area (Å²) in [5, 5.41) is 12.3. The minimum absolute atomic E-state index is 0.172. The lowest BCUT2D eigenvalue weighted by Gasteiger charge is -2.34. The second kappa shape index (κ2) is 4.40. The molecule has 1 fully saturated rings. The molecule has 3 nitrogen and oxygen atoms in total. The molecule has 1 aliphatic rings. The molecule has 1 rings (SSSR count). The smallest absolute Gasteiger partial charge is 0.111 e. The Hall–Kier alpha value is -0.850. The molecule has 0 bridgehead atoms. The maximum Gasteiger partial charge on any atom is 0.111 e. The Morgan fingerprint density at radius 2 is 2.62 bits per heavy atom. The molecule has 0 aromatic heterocycles. The zero-order valence-electron chi connectivity index (χ0n) is 8.05. The number of hydrogen-bond donors (Lipinski definition) is 1. The number of hydrogen-bond acceptors (Lipinski definition) is 3. The lowest BCUT2D eigenvalue weighted by Crippen LogP contribution is -2.50. The summed E-state index contributed by atoms with van der Waals surface area (Å²) in [5.41, 5.74) is -0.397. The molecule has 0 spiro atoms. The molecule has 0 aromatic rings. The molecule has 1 heterocycles. The number of nitriles is 1. The molecule has 0 amide bonds. The highest BCUT2D eigenvalue weighted by molar-refractivity contribution is 5.10. The minimum Gasteiger partial charge on any atom is -0.378 e. The molecule has 3 heteroatoms. The predicted octanol–water partition coefficient (Wildman–Crippen LogP) is 1.22. The van der Waals surface area contributed by atoms with Crippen molar-refractivity contribution in [2.24, 2.45) is 0 Å². The Bertz CT molecular complexity index is 221. The summed E-state index contributed by atoms with van der Waals surface area (Å²) in [7, 11) is 0. The van der Waals surface area contributed by atoms with Gasteiger partial charge in [-0.05, 0) is 6.92 Å². The van der Waals surface area contributed by atoms with Gasteiger partial charge in [-0.2, -0.15) is 5.26 Å². The summed E-state index contributed by atoms with van der Waals surface area (Å²) in [5.74, 6) is 0. The van der Waals surface area contributed by atoms with Crippen molar-refractivity contribution in [2.75, 3.05) is 13.2 Å². The van der Waals surface area contributed by atoms with Gasteiger partial charge in [0.2, 0.25) is 0 Å². The van der Waals surface area contributed by atoms with Crippen LogP contribution in [0.5, 0.6) is 0 Å². The zero-order valence-corrected chi connectivity index (χ0v) is 8.05. The molecule has 1 aliphatic heterocycles. The van der Waals surface area contributed by atoms with Crippen LogP contribution >= 0.6 is 0 Å². The van der Waals surface area contributed by atoms with E-state index >= 15 is 0 Å². The van der Waals surface area contributed by atoms with Crippen LogP contribution < -0.4 is 5.32 Å². The molecular weight excluding hydrogens is 164 g/mol. The lowest BCUT2D eigenvalue weighted by molar-refractivity contribution is -0.00233. The maximum atomic E-state index is 9.08. The lowest BCUT2D eigenvalue weighted by atomic mass is 9.88. The molecule has 2 atom stereocenters. The molecule has 2 unspecified atom stereocenters. The topological polar surface area (TPSA) is 45.0 Å². The van der Waals surface area contributed by atoms with Crippen LogP contribution in [0.3, 0.4) is 0 Å². The van der Waals surface area contributed by atoms with E-state index in [0.29, 0.717) is 13.2 Å². The quantitative estimate of drug-likeness (QED) is 0.664. The first-order valence-corrected chi connectivity index (χ1v) is 4.61. The molecule has 1 saturated heterocycles. The Balaban J connectivity index is 2.57. The van der Waals surface area contributed by atoms with Crippen molar-refractivity contribution in [3.63, 3.8) is 0 Å². The Morgan fingerprint density at radius 3 is 3.15 bits per heavy atom. The molecule has 72 valence electrons. The van der Waals surface area contributed by atoms with Crippen LogP contribution in [0.1, 0.15) is 19.8 Å². The predicted molar refractivity (Wildman–Crippen MR) is 51.2 cm³/mol. The highest BCUT2D eigenvalue weighted by Gasteiger charge is 2.34. The normalized spacial score (nSPS) is 33.7. The van der Waals surface area contributed by atoms with E-state index in [4.69, 9.17) is 10.00 Å². The third-order valence-electron chi connectivity index (χ3n) is 2.37. The monoisotopic (exact) mass is 180 g/mol. The minimum atomic E-state index is -0.397. The Morgan fingerprint density at radius 1 is 1.85 bits per heavy atom. The van der Waals surface area contributed by atoms with Crippen LogP contribution in [0.25, 0.3) is 0 Å². The van der Waals surface area contributed by atoms with Gasteiger partial charge in [0.15, 0.2) is 0 Å². The first-order valence-electron chi connectivity index (χ1n) is 4.61. The Kier molecular flexibility index (Phi) is 3.47. The Labute approximate surface area is 79.4 Å². The summed E-state index contributed by atoms with van der Waals surface area (Å²) >= 11 is 0. The summed E-state index contributed by atoms with van der Waals surface area (Å²) < 4.78 is 5.40. The largest absolute Gasteiger partial charge is 0.378 e. The van der Waals surface area contributed by atoms with Gasteiger partial charge in [0.05, 0.1) is 12.2 Å². The summed E-state index contributed by atoms with van der Waals surface area (Å²) in [6, 6.07) is 2.34. The fraction of sp³-hybridized carbons (Fsp3) is 0.700. The fourth-order valence-electron chi connectivity index (χ4n) is 1.66. The summed E-state index contributed by atoms with van der Waals surface area (Å²) in [6.07, 6.45) is 3.48. The third-order valence-corrected chi connectivity index (χ3v) is 2.37. The van der Waals surface area contributed by atoms with E-state index in [1.165, 1.54) is 0 Å². The number of ether oxygens (including phenoxy) is 1. The second-order valence-electron chi connectivity index (χ2n) is 3.50. The second-order valence-corrected chi connectivity index (χ2v) is 3.50.